The van der Waals surface area contributed by atoms with Gasteiger partial charge < -0.3 is 15.7 Å². The molecule has 3 aromatic rings. The van der Waals surface area contributed by atoms with Crippen molar-refractivity contribution < 1.29 is 9.90 Å². The van der Waals surface area contributed by atoms with Crippen molar-refractivity contribution in [2.24, 2.45) is 0 Å². The van der Waals surface area contributed by atoms with Crippen LogP contribution in [0.5, 0.6) is 0 Å². The number of rotatable bonds is 5. The molecular weight excluding hydrogens is 364 g/mol. The molecule has 0 spiro atoms. The molecule has 1 aromatic heterocycles. The van der Waals surface area contributed by atoms with Gasteiger partial charge in [0.2, 0.25) is 0 Å². The first-order chi connectivity index (χ1) is 12.8. The molecule has 0 bridgehead atoms. The van der Waals surface area contributed by atoms with Gasteiger partial charge in [0.1, 0.15) is 17.5 Å². The van der Waals surface area contributed by atoms with Crippen molar-refractivity contribution in [1.29, 1.82) is 0 Å². The Labute approximate surface area is 162 Å². The van der Waals surface area contributed by atoms with Crippen LogP contribution in [0.25, 0.3) is 0 Å². The van der Waals surface area contributed by atoms with Gasteiger partial charge in [-0.15, -0.1) is 0 Å². The van der Waals surface area contributed by atoms with Gasteiger partial charge >= 0.3 is 5.97 Å². The number of nitrogens with zero attached hydrogens (tertiary/aromatic N) is 2. The van der Waals surface area contributed by atoms with E-state index >= 15 is 0 Å². The van der Waals surface area contributed by atoms with E-state index in [0.717, 1.165) is 16.8 Å². The Morgan fingerprint density at radius 3 is 2.37 bits per heavy atom. The summed E-state index contributed by atoms with van der Waals surface area (Å²) in [4.78, 5) is 19.9. The van der Waals surface area contributed by atoms with Gasteiger partial charge in [0.25, 0.3) is 0 Å². The minimum Gasteiger partial charge on any atom is -0.478 e. The van der Waals surface area contributed by atoms with Gasteiger partial charge in [-0.25, -0.2) is 14.8 Å². The summed E-state index contributed by atoms with van der Waals surface area (Å²) in [6, 6.07) is 12.2. The smallest absolute Gasteiger partial charge is 0.335 e. The summed E-state index contributed by atoms with van der Waals surface area (Å²) in [5.41, 5.74) is 3.72. The molecule has 0 amide bonds. The molecular formula is C20H19ClN4O2. The maximum Gasteiger partial charge on any atom is 0.335 e. The van der Waals surface area contributed by atoms with Crippen LogP contribution in [0.4, 0.5) is 23.0 Å². The normalized spacial score (nSPS) is 10.5. The highest BCUT2D eigenvalue weighted by atomic mass is 35.5. The monoisotopic (exact) mass is 382 g/mol. The van der Waals surface area contributed by atoms with Gasteiger partial charge in [-0.05, 0) is 56.2 Å². The zero-order valence-electron chi connectivity index (χ0n) is 15.2. The van der Waals surface area contributed by atoms with E-state index < -0.39 is 5.97 Å². The van der Waals surface area contributed by atoms with Gasteiger partial charge in [0.05, 0.1) is 16.3 Å². The SMILES string of the molecule is Cc1cc(C)c(Nc2cc(Nc3cccc(C(=O)O)c3)nc(C)n2)c(Cl)c1. The number of hydrogen-bond donors (Lipinski definition) is 3. The molecule has 0 fully saturated rings. The van der Waals surface area contributed by atoms with Crippen molar-refractivity contribution >= 4 is 40.6 Å². The molecule has 138 valence electrons. The predicted molar refractivity (Wildman–Crippen MR) is 108 cm³/mol. The predicted octanol–water partition coefficient (Wildman–Crippen LogP) is 5.24. The van der Waals surface area contributed by atoms with Crippen LogP contribution in [0, 0.1) is 20.8 Å². The summed E-state index contributed by atoms with van der Waals surface area (Å²) in [5.74, 6) is 0.726. The van der Waals surface area contributed by atoms with Crippen LogP contribution in [0.1, 0.15) is 27.3 Å². The van der Waals surface area contributed by atoms with Gasteiger partial charge in [-0.1, -0.05) is 23.7 Å². The van der Waals surface area contributed by atoms with Gasteiger partial charge in [-0.2, -0.15) is 0 Å². The highest BCUT2D eigenvalue weighted by Gasteiger charge is 2.09. The van der Waals surface area contributed by atoms with Crippen LogP contribution in [0.2, 0.25) is 5.02 Å². The zero-order valence-corrected chi connectivity index (χ0v) is 15.9. The van der Waals surface area contributed by atoms with E-state index in [-0.39, 0.29) is 5.56 Å². The van der Waals surface area contributed by atoms with Crippen LogP contribution in [-0.2, 0) is 0 Å². The van der Waals surface area contributed by atoms with Crippen LogP contribution in [0.3, 0.4) is 0 Å². The number of hydrogen-bond acceptors (Lipinski definition) is 5. The Kier molecular flexibility index (Phi) is 5.28. The summed E-state index contributed by atoms with van der Waals surface area (Å²) >= 11 is 6.36. The molecule has 0 unspecified atom stereocenters. The fourth-order valence-electron chi connectivity index (χ4n) is 2.78. The van der Waals surface area contributed by atoms with Gasteiger partial charge in [0, 0.05) is 11.8 Å². The first-order valence-corrected chi connectivity index (χ1v) is 8.69. The van der Waals surface area contributed by atoms with Gasteiger partial charge in [0.15, 0.2) is 0 Å². The summed E-state index contributed by atoms with van der Waals surface area (Å²) in [5, 5.41) is 16.1. The summed E-state index contributed by atoms with van der Waals surface area (Å²) in [6.07, 6.45) is 0. The number of aromatic carboxylic acids is 1. The molecule has 0 aliphatic rings. The maximum absolute atomic E-state index is 11.1. The third-order valence-corrected chi connectivity index (χ3v) is 4.20. The quantitative estimate of drug-likeness (QED) is 0.559. The van der Waals surface area contributed by atoms with Crippen LogP contribution >= 0.6 is 11.6 Å². The van der Waals surface area contributed by atoms with Crippen molar-refractivity contribution in [2.45, 2.75) is 20.8 Å². The Balaban J connectivity index is 1.89. The molecule has 6 nitrogen and oxygen atoms in total. The molecule has 0 saturated carbocycles. The van der Waals surface area contributed by atoms with Crippen molar-refractivity contribution in [3.63, 3.8) is 0 Å². The van der Waals surface area contributed by atoms with Crippen molar-refractivity contribution in [1.82, 2.24) is 9.97 Å². The Bertz CT molecular complexity index is 998. The highest BCUT2D eigenvalue weighted by molar-refractivity contribution is 6.33. The van der Waals surface area contributed by atoms with E-state index in [1.807, 2.05) is 26.0 Å². The number of benzene rings is 2. The average Bonchev–Trinajstić information content (AvgIpc) is 2.58. The minimum atomic E-state index is -0.982. The molecule has 1 heterocycles. The first-order valence-electron chi connectivity index (χ1n) is 8.31. The minimum absolute atomic E-state index is 0.200. The molecule has 0 atom stereocenters. The van der Waals surface area contributed by atoms with Crippen LogP contribution in [0.15, 0.2) is 42.5 Å². The number of carboxylic acids is 1. The summed E-state index contributed by atoms with van der Waals surface area (Å²) in [6.45, 7) is 5.75. The fourth-order valence-corrected chi connectivity index (χ4v) is 3.14. The largest absolute Gasteiger partial charge is 0.478 e. The molecule has 7 heteroatoms. The maximum atomic E-state index is 11.1. The van der Waals surface area contributed by atoms with E-state index in [1.165, 1.54) is 6.07 Å². The topological polar surface area (TPSA) is 87.1 Å². The Morgan fingerprint density at radius 1 is 1.00 bits per heavy atom. The van der Waals surface area contributed by atoms with E-state index in [1.54, 1.807) is 31.2 Å². The average molecular weight is 383 g/mol. The second-order valence-corrected chi connectivity index (χ2v) is 6.67. The number of aryl methyl sites for hydroxylation is 3. The first kappa shape index (κ1) is 18.7. The second-order valence-electron chi connectivity index (χ2n) is 6.26. The van der Waals surface area contributed by atoms with Crippen LogP contribution in [-0.4, -0.2) is 21.0 Å². The lowest BCUT2D eigenvalue weighted by Gasteiger charge is -2.14. The molecule has 0 aliphatic carbocycles. The van der Waals surface area contributed by atoms with E-state index in [4.69, 9.17) is 16.7 Å². The molecule has 27 heavy (non-hydrogen) atoms. The zero-order chi connectivity index (χ0) is 19.6. The van der Waals surface area contributed by atoms with Gasteiger partial charge in [-0.3, -0.25) is 0 Å². The second kappa shape index (κ2) is 7.63. The molecule has 3 N–H and O–H groups in total. The highest BCUT2D eigenvalue weighted by Crippen LogP contribution is 2.30. The van der Waals surface area contributed by atoms with E-state index in [2.05, 4.69) is 20.6 Å². The molecule has 0 aliphatic heterocycles. The number of nitrogens with one attached hydrogen (secondary N) is 2. The third-order valence-electron chi connectivity index (χ3n) is 3.90. The third kappa shape index (κ3) is 4.54. The summed E-state index contributed by atoms with van der Waals surface area (Å²) < 4.78 is 0. The van der Waals surface area contributed by atoms with E-state index in [0.29, 0.717) is 28.2 Å². The Hall–Kier alpha value is -3.12. The van der Waals surface area contributed by atoms with Crippen molar-refractivity contribution in [3.05, 3.63) is 70.0 Å². The number of anilines is 4. The number of carboxylic acid groups (broad SMARTS) is 1. The van der Waals surface area contributed by atoms with Crippen molar-refractivity contribution in [2.75, 3.05) is 10.6 Å². The fraction of sp³-hybridized carbons (Fsp3) is 0.150. The lowest BCUT2D eigenvalue weighted by Crippen LogP contribution is -2.03. The van der Waals surface area contributed by atoms with E-state index in [9.17, 15) is 4.79 Å². The Morgan fingerprint density at radius 2 is 1.70 bits per heavy atom. The van der Waals surface area contributed by atoms with Crippen LogP contribution < -0.4 is 10.6 Å². The molecule has 3 rings (SSSR count). The molecule has 0 radical (unpaired) electrons. The summed E-state index contributed by atoms with van der Waals surface area (Å²) in [7, 11) is 0. The molecule has 0 saturated heterocycles. The lowest BCUT2D eigenvalue weighted by atomic mass is 10.1. The number of aromatic nitrogens is 2. The van der Waals surface area contributed by atoms with Crippen molar-refractivity contribution in [3.8, 4) is 0 Å². The number of halogens is 1. The molecule has 2 aromatic carbocycles. The lowest BCUT2D eigenvalue weighted by molar-refractivity contribution is 0.0697. The number of carbonyl (C=O) groups is 1. The standard InChI is InChI=1S/C20H19ClN4O2/c1-11-7-12(2)19(16(21)8-11)25-18-10-17(22-13(3)23-18)24-15-6-4-5-14(9-15)20(26)27/h4-10H,1-3H3,(H,26,27)(H2,22,23,24,25).